The minimum atomic E-state index is -3.36. The Morgan fingerprint density at radius 1 is 1.29 bits per heavy atom. The molecule has 1 atom stereocenters. The lowest BCUT2D eigenvalue weighted by atomic mass is 9.96. The van der Waals surface area contributed by atoms with E-state index in [1.165, 1.54) is 12.8 Å². The van der Waals surface area contributed by atoms with Gasteiger partial charge >= 0.3 is 0 Å². The van der Waals surface area contributed by atoms with Crippen molar-refractivity contribution in [2.24, 2.45) is 5.92 Å². The molecule has 1 fully saturated rings. The van der Waals surface area contributed by atoms with Gasteiger partial charge in [-0.2, -0.15) is 0 Å². The first-order valence-corrected chi connectivity index (χ1v) is 8.89. The number of benzene rings is 1. The van der Waals surface area contributed by atoms with E-state index in [1.807, 2.05) is 12.1 Å². The van der Waals surface area contributed by atoms with Crippen molar-refractivity contribution in [1.82, 2.24) is 10.0 Å². The molecular formula is C15H25ClN2O2S. The van der Waals surface area contributed by atoms with E-state index < -0.39 is 10.0 Å². The standard InChI is InChI=1S/C15H24N2O2S.ClH/c1-2-13-5-7-15(8-6-13)20(18,19)17-11-9-14-4-3-10-16-12-14;/h5-8,14,16-17H,2-4,9-12H2,1H3;1H. The van der Waals surface area contributed by atoms with Crippen LogP contribution in [0.4, 0.5) is 0 Å². The molecule has 2 N–H and O–H groups in total. The number of halogens is 1. The number of nitrogens with one attached hydrogen (secondary N) is 2. The molecule has 0 saturated carbocycles. The van der Waals surface area contributed by atoms with Crippen LogP contribution in [0.25, 0.3) is 0 Å². The van der Waals surface area contributed by atoms with Gasteiger partial charge in [-0.25, -0.2) is 13.1 Å². The summed E-state index contributed by atoms with van der Waals surface area (Å²) >= 11 is 0. The smallest absolute Gasteiger partial charge is 0.240 e. The van der Waals surface area contributed by atoms with Crippen LogP contribution in [0.1, 0.15) is 31.7 Å². The van der Waals surface area contributed by atoms with Gasteiger partial charge in [0.05, 0.1) is 4.90 Å². The third kappa shape index (κ3) is 5.58. The van der Waals surface area contributed by atoms with E-state index in [0.717, 1.165) is 31.5 Å². The Balaban J connectivity index is 0.00000220. The molecule has 2 rings (SSSR count). The molecule has 1 aliphatic rings. The van der Waals surface area contributed by atoms with E-state index in [4.69, 9.17) is 0 Å². The molecule has 4 nitrogen and oxygen atoms in total. The predicted octanol–water partition coefficient (Wildman–Crippen LogP) is 2.34. The third-order valence-corrected chi connectivity index (χ3v) is 5.36. The van der Waals surface area contributed by atoms with Crippen LogP contribution in [0.15, 0.2) is 29.2 Å². The Morgan fingerprint density at radius 2 is 2.00 bits per heavy atom. The zero-order valence-electron chi connectivity index (χ0n) is 12.5. The normalized spacial score (nSPS) is 19.0. The average molecular weight is 333 g/mol. The van der Waals surface area contributed by atoms with Crippen molar-refractivity contribution < 1.29 is 8.42 Å². The highest BCUT2D eigenvalue weighted by atomic mass is 35.5. The van der Waals surface area contributed by atoms with Gasteiger partial charge in [0, 0.05) is 6.54 Å². The minimum Gasteiger partial charge on any atom is -0.316 e. The predicted molar refractivity (Wildman–Crippen MR) is 88.5 cm³/mol. The highest BCUT2D eigenvalue weighted by molar-refractivity contribution is 7.89. The van der Waals surface area contributed by atoms with Crippen LogP contribution in [0.2, 0.25) is 0 Å². The highest BCUT2D eigenvalue weighted by Crippen LogP contribution is 2.14. The van der Waals surface area contributed by atoms with Crippen molar-refractivity contribution in [3.05, 3.63) is 29.8 Å². The second kappa shape index (κ2) is 8.73. The molecule has 1 saturated heterocycles. The molecular weight excluding hydrogens is 308 g/mol. The van der Waals surface area contributed by atoms with Gasteiger partial charge in [-0.3, -0.25) is 0 Å². The Kier molecular flexibility index (Phi) is 7.66. The minimum absolute atomic E-state index is 0. The summed E-state index contributed by atoms with van der Waals surface area (Å²) in [7, 11) is -3.36. The molecule has 0 amide bonds. The van der Waals surface area contributed by atoms with Gasteiger partial charge < -0.3 is 5.32 Å². The summed E-state index contributed by atoms with van der Waals surface area (Å²) in [5, 5.41) is 3.35. The second-order valence-electron chi connectivity index (χ2n) is 5.40. The van der Waals surface area contributed by atoms with Crippen molar-refractivity contribution in [3.8, 4) is 0 Å². The van der Waals surface area contributed by atoms with E-state index in [-0.39, 0.29) is 12.4 Å². The summed E-state index contributed by atoms with van der Waals surface area (Å²) < 4.78 is 27.0. The van der Waals surface area contributed by atoms with Crippen molar-refractivity contribution in [2.75, 3.05) is 19.6 Å². The molecule has 1 aliphatic heterocycles. The molecule has 0 radical (unpaired) electrons. The zero-order valence-corrected chi connectivity index (χ0v) is 14.1. The largest absolute Gasteiger partial charge is 0.316 e. The second-order valence-corrected chi connectivity index (χ2v) is 7.16. The molecule has 21 heavy (non-hydrogen) atoms. The van der Waals surface area contributed by atoms with E-state index in [1.54, 1.807) is 12.1 Å². The SMILES string of the molecule is CCc1ccc(S(=O)(=O)NCCC2CCCNC2)cc1.Cl. The van der Waals surface area contributed by atoms with Gasteiger partial charge in [-0.05, 0) is 62.4 Å². The van der Waals surface area contributed by atoms with Crippen LogP contribution in [0.5, 0.6) is 0 Å². The topological polar surface area (TPSA) is 58.2 Å². The molecule has 1 aromatic carbocycles. The van der Waals surface area contributed by atoms with Gasteiger partial charge in [-0.1, -0.05) is 19.1 Å². The maximum Gasteiger partial charge on any atom is 0.240 e. The Bertz CT molecular complexity index is 511. The van der Waals surface area contributed by atoms with Crippen molar-refractivity contribution in [2.45, 2.75) is 37.5 Å². The van der Waals surface area contributed by atoms with Crippen LogP contribution in [0.3, 0.4) is 0 Å². The fraction of sp³-hybridized carbons (Fsp3) is 0.600. The third-order valence-electron chi connectivity index (χ3n) is 3.89. The van der Waals surface area contributed by atoms with Crippen LogP contribution in [-0.4, -0.2) is 28.1 Å². The van der Waals surface area contributed by atoms with Crippen LogP contribution in [0, 0.1) is 5.92 Å². The maximum atomic E-state index is 12.1. The molecule has 1 heterocycles. The Hall–Kier alpha value is -0.620. The summed E-state index contributed by atoms with van der Waals surface area (Å²) in [6.45, 7) is 4.67. The lowest BCUT2D eigenvalue weighted by Crippen LogP contribution is -2.33. The number of hydrogen-bond donors (Lipinski definition) is 2. The quantitative estimate of drug-likeness (QED) is 0.840. The first kappa shape index (κ1) is 18.4. The number of sulfonamides is 1. The summed E-state index contributed by atoms with van der Waals surface area (Å²) in [5.74, 6) is 0.592. The Morgan fingerprint density at radius 3 is 2.57 bits per heavy atom. The van der Waals surface area contributed by atoms with Gasteiger partial charge in [0.2, 0.25) is 10.0 Å². The molecule has 0 aromatic heterocycles. The van der Waals surface area contributed by atoms with Gasteiger partial charge in [0.15, 0.2) is 0 Å². The van der Waals surface area contributed by atoms with E-state index in [2.05, 4.69) is 17.0 Å². The first-order chi connectivity index (χ1) is 9.62. The maximum absolute atomic E-state index is 12.1. The lowest BCUT2D eigenvalue weighted by molar-refractivity contribution is 0.358. The van der Waals surface area contributed by atoms with Crippen LogP contribution < -0.4 is 10.0 Å². The Labute approximate surface area is 134 Å². The van der Waals surface area contributed by atoms with Crippen LogP contribution >= 0.6 is 12.4 Å². The van der Waals surface area contributed by atoms with Crippen molar-refractivity contribution in [1.29, 1.82) is 0 Å². The van der Waals surface area contributed by atoms with Crippen molar-refractivity contribution >= 4 is 22.4 Å². The molecule has 0 spiro atoms. The summed E-state index contributed by atoms with van der Waals surface area (Å²) in [6, 6.07) is 7.12. The van der Waals surface area contributed by atoms with Crippen LogP contribution in [-0.2, 0) is 16.4 Å². The zero-order chi connectivity index (χ0) is 14.4. The molecule has 1 aromatic rings. The molecule has 0 bridgehead atoms. The van der Waals surface area contributed by atoms with Gasteiger partial charge in [0.25, 0.3) is 0 Å². The van der Waals surface area contributed by atoms with Gasteiger partial charge in [-0.15, -0.1) is 12.4 Å². The summed E-state index contributed by atoms with van der Waals surface area (Å²) in [6.07, 6.45) is 4.21. The van der Waals surface area contributed by atoms with E-state index in [0.29, 0.717) is 17.4 Å². The van der Waals surface area contributed by atoms with Crippen molar-refractivity contribution in [3.63, 3.8) is 0 Å². The van der Waals surface area contributed by atoms with E-state index in [9.17, 15) is 8.42 Å². The fourth-order valence-corrected chi connectivity index (χ4v) is 3.60. The highest BCUT2D eigenvalue weighted by Gasteiger charge is 2.16. The molecule has 1 unspecified atom stereocenters. The summed E-state index contributed by atoms with van der Waals surface area (Å²) in [5.41, 5.74) is 1.15. The lowest BCUT2D eigenvalue weighted by Gasteiger charge is -2.22. The summed E-state index contributed by atoms with van der Waals surface area (Å²) in [4.78, 5) is 0.358. The number of piperidine rings is 1. The molecule has 120 valence electrons. The number of rotatable bonds is 6. The van der Waals surface area contributed by atoms with E-state index >= 15 is 0 Å². The number of aryl methyl sites for hydroxylation is 1. The molecule has 0 aliphatic carbocycles. The first-order valence-electron chi connectivity index (χ1n) is 7.41. The number of hydrogen-bond acceptors (Lipinski definition) is 3. The molecule has 6 heteroatoms. The fourth-order valence-electron chi connectivity index (χ4n) is 2.56. The van der Waals surface area contributed by atoms with Gasteiger partial charge in [0.1, 0.15) is 0 Å². The average Bonchev–Trinajstić information content (AvgIpc) is 2.48. The monoisotopic (exact) mass is 332 g/mol.